The molecule has 5 rings (SSSR count). The number of benzene rings is 2. The lowest BCUT2D eigenvalue weighted by molar-refractivity contribution is 0.567. The molecule has 0 saturated heterocycles. The van der Waals surface area contributed by atoms with Gasteiger partial charge in [-0.2, -0.15) is 5.10 Å². The Bertz CT molecular complexity index is 1370. The van der Waals surface area contributed by atoms with Crippen LogP contribution in [0.5, 0.6) is 0 Å². The summed E-state index contributed by atoms with van der Waals surface area (Å²) in [4.78, 5) is 3.46. The molecule has 4 aromatic rings. The summed E-state index contributed by atoms with van der Waals surface area (Å²) in [6.07, 6.45) is 5.76. The normalized spacial score (nSPS) is 16.4. The van der Waals surface area contributed by atoms with Gasteiger partial charge in [0.05, 0.1) is 18.3 Å². The third kappa shape index (κ3) is 3.82. The van der Waals surface area contributed by atoms with Gasteiger partial charge in [0.25, 0.3) is 10.0 Å². The van der Waals surface area contributed by atoms with Crippen molar-refractivity contribution in [3.8, 4) is 0 Å². The molecule has 7 nitrogen and oxygen atoms in total. The van der Waals surface area contributed by atoms with Crippen LogP contribution < -0.4 is 10.5 Å². The Kier molecular flexibility index (Phi) is 4.99. The van der Waals surface area contributed by atoms with E-state index < -0.39 is 20.7 Å². The number of nitrogens with two attached hydrogens (primary N) is 1. The maximum Gasteiger partial charge on any atom is 0.266 e. The van der Waals surface area contributed by atoms with Crippen LogP contribution in [0.4, 0.5) is 9.52 Å². The second-order valence-electron chi connectivity index (χ2n) is 7.64. The number of sulfonamides is 1. The molecule has 1 aliphatic carbocycles. The van der Waals surface area contributed by atoms with Crippen molar-refractivity contribution in [2.24, 2.45) is 5.73 Å². The van der Waals surface area contributed by atoms with Gasteiger partial charge in [0, 0.05) is 29.1 Å². The van der Waals surface area contributed by atoms with Crippen LogP contribution in [-0.4, -0.2) is 29.2 Å². The number of rotatable bonds is 5. The molecule has 2 aromatic heterocycles. The van der Waals surface area contributed by atoms with Gasteiger partial charge in [-0.1, -0.05) is 18.2 Å². The molecular formula is C21H20FN5O2S2. The number of nitrogens with zero attached hydrogens (tertiary/aromatic N) is 3. The molecule has 31 heavy (non-hydrogen) atoms. The number of halogens is 1. The van der Waals surface area contributed by atoms with Crippen LogP contribution in [0, 0.1) is 5.82 Å². The Morgan fingerprint density at radius 2 is 2.19 bits per heavy atom. The number of hydrogen-bond donors (Lipinski definition) is 2. The van der Waals surface area contributed by atoms with Crippen LogP contribution in [0.1, 0.15) is 23.1 Å². The maximum atomic E-state index is 14.9. The number of nitrogens with one attached hydrogen (secondary N) is 1. The van der Waals surface area contributed by atoms with E-state index in [1.54, 1.807) is 16.3 Å². The van der Waals surface area contributed by atoms with Crippen LogP contribution in [0.15, 0.2) is 53.0 Å². The van der Waals surface area contributed by atoms with E-state index in [9.17, 15) is 12.8 Å². The van der Waals surface area contributed by atoms with Gasteiger partial charge in [-0.05, 0) is 42.0 Å². The van der Waals surface area contributed by atoms with E-state index in [1.165, 1.54) is 29.5 Å². The van der Waals surface area contributed by atoms with Crippen molar-refractivity contribution >= 4 is 37.4 Å². The van der Waals surface area contributed by atoms with Crippen molar-refractivity contribution in [3.05, 3.63) is 70.6 Å². The third-order valence-electron chi connectivity index (χ3n) is 5.58. The largest absolute Gasteiger partial charge is 0.327 e. The van der Waals surface area contributed by atoms with Gasteiger partial charge in [-0.25, -0.2) is 17.8 Å². The van der Waals surface area contributed by atoms with E-state index in [0.29, 0.717) is 17.4 Å². The molecule has 0 amide bonds. The number of anilines is 1. The predicted molar refractivity (Wildman–Crippen MR) is 118 cm³/mol. The van der Waals surface area contributed by atoms with Crippen molar-refractivity contribution in [2.45, 2.75) is 36.7 Å². The highest BCUT2D eigenvalue weighted by molar-refractivity contribution is 7.93. The average Bonchev–Trinajstić information content (AvgIpc) is 3.37. The Morgan fingerprint density at radius 3 is 3.00 bits per heavy atom. The van der Waals surface area contributed by atoms with Crippen LogP contribution in [0.25, 0.3) is 10.9 Å². The average molecular weight is 458 g/mol. The zero-order valence-electron chi connectivity index (χ0n) is 16.5. The molecule has 0 spiro atoms. The summed E-state index contributed by atoms with van der Waals surface area (Å²) in [5.74, 6) is -0.838. The van der Waals surface area contributed by atoms with Crippen LogP contribution >= 0.6 is 11.3 Å². The zero-order chi connectivity index (χ0) is 21.6. The lowest BCUT2D eigenvalue weighted by atomic mass is 9.86. The number of thiazole rings is 1. The minimum atomic E-state index is -4.10. The van der Waals surface area contributed by atoms with Gasteiger partial charge >= 0.3 is 0 Å². The van der Waals surface area contributed by atoms with Crippen molar-refractivity contribution in [3.63, 3.8) is 0 Å². The standard InChI is InChI=1S/C21H20FN5O2S2/c22-18-10-19-15(8-20(18)31(28,29)26-21-24-6-7-30-21)11-25-27(19)12-14-3-1-2-13-4-5-16(23)9-17(13)14/h1-3,6-8,10-11,16H,4-5,9,12,23H2,(H,24,26). The number of aromatic nitrogens is 3. The summed E-state index contributed by atoms with van der Waals surface area (Å²) in [7, 11) is -4.10. The van der Waals surface area contributed by atoms with E-state index in [-0.39, 0.29) is 11.2 Å². The lowest BCUT2D eigenvalue weighted by Crippen LogP contribution is -2.29. The molecular weight excluding hydrogens is 437 g/mol. The number of hydrogen-bond acceptors (Lipinski definition) is 6. The van der Waals surface area contributed by atoms with Crippen molar-refractivity contribution in [1.82, 2.24) is 14.8 Å². The zero-order valence-corrected chi connectivity index (χ0v) is 18.1. The molecule has 1 aliphatic rings. The molecule has 0 fully saturated rings. The fraction of sp³-hybridized carbons (Fsp3) is 0.238. The Hall–Kier alpha value is -2.82. The molecule has 3 N–H and O–H groups in total. The van der Waals surface area contributed by atoms with Gasteiger partial charge in [0.1, 0.15) is 10.7 Å². The molecule has 0 saturated carbocycles. The molecule has 10 heteroatoms. The molecule has 0 radical (unpaired) electrons. The van der Waals surface area contributed by atoms with Gasteiger partial charge in [0.15, 0.2) is 5.13 Å². The SMILES string of the molecule is NC1CCc2cccc(Cn3ncc4cc(S(=O)(=O)Nc5nccs5)c(F)cc43)c2C1. The van der Waals surface area contributed by atoms with E-state index in [1.807, 2.05) is 12.1 Å². The quantitative estimate of drug-likeness (QED) is 0.479. The monoisotopic (exact) mass is 457 g/mol. The highest BCUT2D eigenvalue weighted by Crippen LogP contribution is 2.28. The first-order valence-corrected chi connectivity index (χ1v) is 12.2. The summed E-state index contributed by atoms with van der Waals surface area (Å²) in [6, 6.07) is 8.85. The van der Waals surface area contributed by atoms with Crippen molar-refractivity contribution in [2.75, 3.05) is 4.72 Å². The highest BCUT2D eigenvalue weighted by atomic mass is 32.2. The van der Waals surface area contributed by atoms with Gasteiger partial charge in [0.2, 0.25) is 0 Å². The first-order valence-electron chi connectivity index (χ1n) is 9.83. The Labute approximate surface area is 182 Å². The molecule has 160 valence electrons. The van der Waals surface area contributed by atoms with E-state index in [2.05, 4.69) is 20.9 Å². The van der Waals surface area contributed by atoms with Gasteiger partial charge in [-0.15, -0.1) is 11.3 Å². The van der Waals surface area contributed by atoms with Gasteiger partial charge < -0.3 is 5.73 Å². The van der Waals surface area contributed by atoms with Crippen molar-refractivity contribution < 1.29 is 12.8 Å². The number of fused-ring (bicyclic) bond motifs is 2. The summed E-state index contributed by atoms with van der Waals surface area (Å²) < 4.78 is 44.1. The molecule has 0 aliphatic heterocycles. The Morgan fingerprint density at radius 1 is 1.32 bits per heavy atom. The first kappa shape index (κ1) is 20.1. The Balaban J connectivity index is 1.50. The first-order chi connectivity index (χ1) is 14.9. The van der Waals surface area contributed by atoms with E-state index in [0.717, 1.165) is 36.2 Å². The predicted octanol–water partition coefficient (Wildman–Crippen LogP) is 3.30. The van der Waals surface area contributed by atoms with E-state index >= 15 is 0 Å². The minimum Gasteiger partial charge on any atom is -0.327 e. The fourth-order valence-electron chi connectivity index (χ4n) is 4.05. The molecule has 1 atom stereocenters. The second-order valence-corrected chi connectivity index (χ2v) is 10.2. The van der Waals surface area contributed by atoms with E-state index in [4.69, 9.17) is 5.73 Å². The lowest BCUT2D eigenvalue weighted by Gasteiger charge is -2.24. The minimum absolute atomic E-state index is 0.138. The molecule has 2 aromatic carbocycles. The summed E-state index contributed by atoms with van der Waals surface area (Å²) in [6.45, 7) is 0.461. The fourth-order valence-corrected chi connectivity index (χ4v) is 5.94. The topological polar surface area (TPSA) is 103 Å². The highest BCUT2D eigenvalue weighted by Gasteiger charge is 2.23. The van der Waals surface area contributed by atoms with Crippen LogP contribution in [0.2, 0.25) is 0 Å². The summed E-state index contributed by atoms with van der Waals surface area (Å²) in [5.41, 5.74) is 10.3. The van der Waals surface area contributed by atoms with Gasteiger partial charge in [-0.3, -0.25) is 9.40 Å². The maximum absolute atomic E-state index is 14.9. The molecule has 0 bridgehead atoms. The van der Waals surface area contributed by atoms with Crippen LogP contribution in [-0.2, 0) is 29.4 Å². The van der Waals surface area contributed by atoms with Crippen molar-refractivity contribution in [1.29, 1.82) is 0 Å². The smallest absolute Gasteiger partial charge is 0.266 e. The summed E-state index contributed by atoms with van der Waals surface area (Å²) >= 11 is 1.12. The number of aryl methyl sites for hydroxylation is 1. The summed E-state index contributed by atoms with van der Waals surface area (Å²) in [5, 5.41) is 6.75. The molecule has 1 unspecified atom stereocenters. The third-order valence-corrected chi connectivity index (χ3v) is 7.75. The molecule has 2 heterocycles. The second kappa shape index (κ2) is 7.70. The van der Waals surface area contributed by atoms with Crippen LogP contribution in [0.3, 0.4) is 0 Å².